The third-order valence-corrected chi connectivity index (χ3v) is 7.27. The number of amides is 1. The maximum absolute atomic E-state index is 13.2. The van der Waals surface area contributed by atoms with Crippen LogP contribution >= 0.6 is 0 Å². The van der Waals surface area contributed by atoms with Gasteiger partial charge in [0.1, 0.15) is 18.1 Å². The molecule has 1 aromatic heterocycles. The molecule has 0 atom stereocenters. The first kappa shape index (κ1) is 29.5. The van der Waals surface area contributed by atoms with Gasteiger partial charge in [0.05, 0.1) is 38.8 Å². The van der Waals surface area contributed by atoms with E-state index in [1.165, 1.54) is 0 Å². The molecule has 5 aromatic rings. The molecule has 0 saturated carbocycles. The minimum atomic E-state index is -0.195. The molecular formula is C34H35N3O6. The van der Waals surface area contributed by atoms with Crippen LogP contribution in [0.3, 0.4) is 0 Å². The van der Waals surface area contributed by atoms with Gasteiger partial charge in [-0.3, -0.25) is 14.5 Å². The minimum absolute atomic E-state index is 0.0958. The summed E-state index contributed by atoms with van der Waals surface area (Å²) in [4.78, 5) is 31.6. The second kappa shape index (κ2) is 13.3. The van der Waals surface area contributed by atoms with E-state index in [1.807, 2.05) is 55.6 Å². The summed E-state index contributed by atoms with van der Waals surface area (Å²) < 4.78 is 22.1. The number of para-hydroxylation sites is 2. The quantitative estimate of drug-likeness (QED) is 0.190. The predicted octanol–water partition coefficient (Wildman–Crippen LogP) is 5.40. The maximum atomic E-state index is 13.2. The van der Waals surface area contributed by atoms with E-state index < -0.39 is 0 Å². The number of aromatic amines is 1. The van der Waals surface area contributed by atoms with Crippen LogP contribution in [0.25, 0.3) is 21.8 Å². The smallest absolute Gasteiger partial charge is 0.228 e. The molecule has 0 aliphatic rings. The summed E-state index contributed by atoms with van der Waals surface area (Å²) in [5, 5.41) is 4.01. The topological polar surface area (TPSA) is 102 Å². The number of hydrogen-bond acceptors (Lipinski definition) is 7. The Morgan fingerprint density at radius 2 is 1.51 bits per heavy atom. The molecule has 0 aliphatic heterocycles. The van der Waals surface area contributed by atoms with Crippen LogP contribution in [0.5, 0.6) is 23.0 Å². The van der Waals surface area contributed by atoms with Crippen molar-refractivity contribution in [2.24, 2.45) is 0 Å². The van der Waals surface area contributed by atoms with Crippen molar-refractivity contribution in [3.63, 3.8) is 0 Å². The highest BCUT2D eigenvalue weighted by Crippen LogP contribution is 2.28. The lowest BCUT2D eigenvalue weighted by molar-refractivity contribution is -0.115. The van der Waals surface area contributed by atoms with Gasteiger partial charge in [-0.05, 0) is 72.8 Å². The second-order valence-corrected chi connectivity index (χ2v) is 10.2. The van der Waals surface area contributed by atoms with E-state index >= 15 is 0 Å². The molecule has 9 nitrogen and oxygen atoms in total. The molecule has 1 heterocycles. The van der Waals surface area contributed by atoms with Crippen molar-refractivity contribution in [1.29, 1.82) is 0 Å². The number of likely N-dealkylation sites (N-methyl/N-ethyl adjacent to an activating group) is 1. The molecule has 0 spiro atoms. The van der Waals surface area contributed by atoms with Gasteiger partial charge < -0.3 is 29.2 Å². The van der Waals surface area contributed by atoms with E-state index in [4.69, 9.17) is 18.9 Å². The first-order chi connectivity index (χ1) is 20.9. The lowest BCUT2D eigenvalue weighted by Crippen LogP contribution is -2.23. The number of benzene rings is 4. The van der Waals surface area contributed by atoms with Crippen molar-refractivity contribution in [2.75, 3.05) is 46.8 Å². The number of nitrogens with zero attached hydrogens (tertiary/aromatic N) is 1. The number of H-pyrrole nitrogens is 1. The largest absolute Gasteiger partial charge is 0.495 e. The van der Waals surface area contributed by atoms with E-state index in [2.05, 4.69) is 15.2 Å². The maximum Gasteiger partial charge on any atom is 0.228 e. The molecule has 43 heavy (non-hydrogen) atoms. The number of methoxy groups -OCH3 is 3. The van der Waals surface area contributed by atoms with Crippen molar-refractivity contribution in [2.45, 2.75) is 13.0 Å². The molecule has 9 heteroatoms. The van der Waals surface area contributed by atoms with Crippen LogP contribution in [-0.2, 0) is 17.8 Å². The fraction of sp³-hybridized carbons (Fsp3) is 0.235. The molecule has 222 valence electrons. The highest BCUT2D eigenvalue weighted by atomic mass is 16.5. The fourth-order valence-corrected chi connectivity index (χ4v) is 5.08. The summed E-state index contributed by atoms with van der Waals surface area (Å²) in [7, 11) is 6.84. The molecule has 0 fully saturated rings. The molecule has 0 radical (unpaired) electrons. The zero-order valence-electron chi connectivity index (χ0n) is 24.7. The molecule has 1 amide bonds. The Morgan fingerprint density at radius 3 is 2.23 bits per heavy atom. The Labute approximate surface area is 249 Å². The number of carbonyl (C=O) groups excluding carboxylic acids is 1. The lowest BCUT2D eigenvalue weighted by Gasteiger charge is -2.18. The zero-order valence-corrected chi connectivity index (χ0v) is 24.7. The summed E-state index contributed by atoms with van der Waals surface area (Å²) in [6.07, 6.45) is 0.0958. The van der Waals surface area contributed by atoms with Crippen molar-refractivity contribution in [3.8, 4) is 23.0 Å². The number of hydrogen-bond donors (Lipinski definition) is 2. The normalized spacial score (nSPS) is 11.1. The molecule has 0 bridgehead atoms. The Bertz CT molecular complexity index is 1800. The average molecular weight is 582 g/mol. The molecule has 0 aliphatic carbocycles. The van der Waals surface area contributed by atoms with E-state index in [0.29, 0.717) is 57.1 Å². The minimum Gasteiger partial charge on any atom is -0.495 e. The summed E-state index contributed by atoms with van der Waals surface area (Å²) in [5.74, 6) is 2.50. The molecule has 0 unspecified atom stereocenters. The van der Waals surface area contributed by atoms with Crippen LogP contribution in [0.15, 0.2) is 83.7 Å². The van der Waals surface area contributed by atoms with Gasteiger partial charge in [-0.15, -0.1) is 0 Å². The molecule has 2 N–H and O–H groups in total. The van der Waals surface area contributed by atoms with Crippen molar-refractivity contribution in [3.05, 3.63) is 100 Å². The van der Waals surface area contributed by atoms with Crippen molar-refractivity contribution in [1.82, 2.24) is 9.88 Å². The zero-order chi connectivity index (χ0) is 30.3. The number of anilines is 1. The van der Waals surface area contributed by atoms with Gasteiger partial charge in [-0.25, -0.2) is 0 Å². The molecule has 4 aromatic carbocycles. The second-order valence-electron chi connectivity index (χ2n) is 10.2. The Hall–Kier alpha value is -5.02. The number of pyridine rings is 1. The van der Waals surface area contributed by atoms with Crippen molar-refractivity contribution >= 4 is 33.4 Å². The number of ether oxygens (including phenoxy) is 4. The van der Waals surface area contributed by atoms with Crippen LogP contribution in [0.1, 0.15) is 11.1 Å². The van der Waals surface area contributed by atoms with Crippen LogP contribution in [0, 0.1) is 0 Å². The third-order valence-electron chi connectivity index (χ3n) is 7.27. The highest BCUT2D eigenvalue weighted by Gasteiger charge is 2.14. The lowest BCUT2D eigenvalue weighted by atomic mass is 10.0. The van der Waals surface area contributed by atoms with Crippen molar-refractivity contribution < 1.29 is 23.7 Å². The SMILES string of the molecule is COc1ccc(CN(C)CCOc2ccc(NC(=O)Cc3cccc4c(=O)c5cccc(OC)c5[nH]c34)cc2)cc1OC. The first-order valence-corrected chi connectivity index (χ1v) is 13.9. The van der Waals surface area contributed by atoms with Crippen LogP contribution < -0.4 is 29.7 Å². The van der Waals surface area contributed by atoms with E-state index in [1.54, 1.807) is 51.7 Å². The summed E-state index contributed by atoms with van der Waals surface area (Å²) in [6, 6.07) is 23.9. The van der Waals surface area contributed by atoms with Gasteiger partial charge in [-0.2, -0.15) is 0 Å². The van der Waals surface area contributed by atoms with Gasteiger partial charge in [-0.1, -0.05) is 24.3 Å². The standard InChI is InChI=1S/C34H35N3O6/c1-37(21-22-11-16-28(40-2)30(19-22)42-4)17-18-43-25-14-12-24(13-15-25)35-31(38)20-23-7-5-8-26-32(23)36-33-27(34(26)39)9-6-10-29(33)41-3/h5-16,19H,17-18,20-21H2,1-4H3,(H,35,38)(H,36,39). The number of aromatic nitrogens is 1. The number of nitrogens with one attached hydrogen (secondary N) is 2. The summed E-state index contributed by atoms with van der Waals surface area (Å²) in [5.41, 5.74) is 3.62. The third kappa shape index (κ3) is 6.73. The highest BCUT2D eigenvalue weighted by molar-refractivity contribution is 5.99. The van der Waals surface area contributed by atoms with E-state index in [9.17, 15) is 9.59 Å². The Kier molecular flexibility index (Phi) is 9.12. The van der Waals surface area contributed by atoms with Crippen LogP contribution in [-0.4, -0.2) is 57.3 Å². The van der Waals surface area contributed by atoms with Gasteiger partial charge in [0.15, 0.2) is 16.9 Å². The summed E-state index contributed by atoms with van der Waals surface area (Å²) in [6.45, 7) is 1.97. The molecule has 0 saturated heterocycles. The predicted molar refractivity (Wildman–Crippen MR) is 169 cm³/mol. The van der Waals surface area contributed by atoms with Gasteiger partial charge >= 0.3 is 0 Å². The Morgan fingerprint density at radius 1 is 0.814 bits per heavy atom. The van der Waals surface area contributed by atoms with Crippen LogP contribution in [0.4, 0.5) is 5.69 Å². The first-order valence-electron chi connectivity index (χ1n) is 13.9. The molecular weight excluding hydrogens is 546 g/mol. The number of carbonyl (C=O) groups is 1. The monoisotopic (exact) mass is 581 g/mol. The molecule has 5 rings (SSSR count). The average Bonchev–Trinajstić information content (AvgIpc) is 3.02. The van der Waals surface area contributed by atoms with Gasteiger partial charge in [0, 0.05) is 29.5 Å². The fourth-order valence-electron chi connectivity index (χ4n) is 5.08. The van der Waals surface area contributed by atoms with E-state index in [-0.39, 0.29) is 17.8 Å². The van der Waals surface area contributed by atoms with Gasteiger partial charge in [0.2, 0.25) is 5.91 Å². The number of fused-ring (bicyclic) bond motifs is 2. The van der Waals surface area contributed by atoms with Gasteiger partial charge in [0.25, 0.3) is 0 Å². The van der Waals surface area contributed by atoms with E-state index in [0.717, 1.165) is 24.2 Å². The van der Waals surface area contributed by atoms with Crippen LogP contribution in [0.2, 0.25) is 0 Å². The number of rotatable bonds is 12. The Balaban J connectivity index is 1.17. The summed E-state index contributed by atoms with van der Waals surface area (Å²) >= 11 is 0.